The Morgan fingerprint density at radius 2 is 1.90 bits per heavy atom. The van der Waals surface area contributed by atoms with Crippen molar-refractivity contribution in [2.45, 2.75) is 5.88 Å². The summed E-state index contributed by atoms with van der Waals surface area (Å²) in [7, 11) is 0. The van der Waals surface area contributed by atoms with Gasteiger partial charge in [-0.1, -0.05) is 18.2 Å². The quantitative estimate of drug-likeness (QED) is 0.725. The fourth-order valence-corrected chi connectivity index (χ4v) is 2.26. The summed E-state index contributed by atoms with van der Waals surface area (Å²) in [5.74, 6) is 0.390. The summed E-state index contributed by atoms with van der Waals surface area (Å²) in [4.78, 5) is 15.2. The smallest absolute Gasteiger partial charge is 0.415 e. The van der Waals surface area contributed by atoms with E-state index in [-0.39, 0.29) is 0 Å². The SMILES string of the molecule is O=C(O)n1cc2ccc(-c3ccc(CCl)nc3)cc2c1. The Morgan fingerprint density at radius 3 is 2.55 bits per heavy atom. The zero-order valence-corrected chi connectivity index (χ0v) is 11.2. The maximum atomic E-state index is 10.9. The number of fused-ring (bicyclic) bond motifs is 1. The van der Waals surface area contributed by atoms with E-state index in [1.807, 2.05) is 30.3 Å². The van der Waals surface area contributed by atoms with Gasteiger partial charge >= 0.3 is 6.09 Å². The van der Waals surface area contributed by atoms with Crippen molar-refractivity contribution in [3.63, 3.8) is 0 Å². The molecule has 3 aromatic rings. The average Bonchev–Trinajstić information content (AvgIpc) is 2.90. The molecule has 0 unspecified atom stereocenters. The summed E-state index contributed by atoms with van der Waals surface area (Å²) in [6, 6.07) is 9.65. The molecule has 5 heteroatoms. The second-order valence-corrected chi connectivity index (χ2v) is 4.73. The summed E-state index contributed by atoms with van der Waals surface area (Å²) < 4.78 is 1.16. The molecule has 0 aliphatic carbocycles. The van der Waals surface area contributed by atoms with Gasteiger partial charge in [-0.2, -0.15) is 0 Å². The van der Waals surface area contributed by atoms with E-state index in [1.54, 1.807) is 18.6 Å². The highest BCUT2D eigenvalue weighted by Crippen LogP contribution is 2.25. The number of alkyl halides is 1. The molecule has 2 heterocycles. The lowest BCUT2D eigenvalue weighted by Crippen LogP contribution is -2.03. The van der Waals surface area contributed by atoms with Gasteiger partial charge in [-0.3, -0.25) is 9.55 Å². The fourth-order valence-electron chi connectivity index (χ4n) is 2.11. The zero-order valence-electron chi connectivity index (χ0n) is 10.5. The van der Waals surface area contributed by atoms with Crippen LogP contribution in [-0.4, -0.2) is 20.8 Å². The monoisotopic (exact) mass is 286 g/mol. The molecule has 0 atom stereocenters. The molecule has 0 saturated carbocycles. The van der Waals surface area contributed by atoms with Gasteiger partial charge in [0.2, 0.25) is 0 Å². The molecule has 100 valence electrons. The minimum atomic E-state index is -0.990. The van der Waals surface area contributed by atoms with Crippen LogP contribution in [0.3, 0.4) is 0 Å². The molecule has 0 spiro atoms. The molecule has 20 heavy (non-hydrogen) atoms. The standard InChI is InChI=1S/C15H11ClN2O2/c16-6-14-4-3-11(7-17-14)10-1-2-12-8-18(15(19)20)9-13(12)5-10/h1-5,7-9H,6H2,(H,19,20). The lowest BCUT2D eigenvalue weighted by Gasteiger charge is -2.02. The fraction of sp³-hybridized carbons (Fsp3) is 0.0667. The predicted molar refractivity (Wildman–Crippen MR) is 78.1 cm³/mol. The first kappa shape index (κ1) is 12.7. The van der Waals surface area contributed by atoms with Gasteiger partial charge in [0, 0.05) is 34.9 Å². The molecule has 3 rings (SSSR count). The number of carbonyl (C=O) groups is 1. The molecule has 0 aliphatic heterocycles. The second-order valence-electron chi connectivity index (χ2n) is 4.46. The first-order valence-corrected chi connectivity index (χ1v) is 6.57. The van der Waals surface area contributed by atoms with Gasteiger partial charge in [-0.05, 0) is 17.7 Å². The normalized spacial score (nSPS) is 10.8. The number of benzene rings is 1. The Morgan fingerprint density at radius 1 is 1.15 bits per heavy atom. The van der Waals surface area contributed by atoms with Gasteiger partial charge < -0.3 is 5.11 Å². The molecule has 0 amide bonds. The van der Waals surface area contributed by atoms with E-state index in [4.69, 9.17) is 16.7 Å². The van der Waals surface area contributed by atoms with Crippen molar-refractivity contribution in [1.29, 1.82) is 0 Å². The van der Waals surface area contributed by atoms with Crippen LogP contribution in [0.4, 0.5) is 4.79 Å². The first-order valence-electron chi connectivity index (χ1n) is 6.04. The molecule has 2 aromatic heterocycles. The third-order valence-electron chi connectivity index (χ3n) is 3.16. The van der Waals surface area contributed by atoms with Crippen molar-refractivity contribution >= 4 is 28.5 Å². The summed E-state index contributed by atoms with van der Waals surface area (Å²) in [5.41, 5.74) is 2.80. The van der Waals surface area contributed by atoms with E-state index < -0.39 is 6.09 Å². The highest BCUT2D eigenvalue weighted by atomic mass is 35.5. The summed E-state index contributed by atoms with van der Waals surface area (Å²) in [6.45, 7) is 0. The minimum absolute atomic E-state index is 0.390. The lowest BCUT2D eigenvalue weighted by atomic mass is 10.1. The Hall–Kier alpha value is -2.33. The van der Waals surface area contributed by atoms with Crippen LogP contribution in [0.2, 0.25) is 0 Å². The van der Waals surface area contributed by atoms with Crippen LogP contribution in [0.5, 0.6) is 0 Å². The van der Waals surface area contributed by atoms with Crippen LogP contribution < -0.4 is 0 Å². The Kier molecular flexibility index (Phi) is 3.16. The molecular formula is C15H11ClN2O2. The highest BCUT2D eigenvalue weighted by molar-refractivity contribution is 6.16. The van der Waals surface area contributed by atoms with E-state index in [9.17, 15) is 4.79 Å². The van der Waals surface area contributed by atoms with E-state index in [2.05, 4.69) is 4.98 Å². The van der Waals surface area contributed by atoms with Crippen LogP contribution in [0, 0.1) is 0 Å². The summed E-state index contributed by atoms with van der Waals surface area (Å²) in [5, 5.41) is 10.7. The Labute approximate surface area is 120 Å². The topological polar surface area (TPSA) is 55.1 Å². The molecule has 0 saturated heterocycles. The van der Waals surface area contributed by atoms with Crippen LogP contribution in [0.15, 0.2) is 48.9 Å². The van der Waals surface area contributed by atoms with Gasteiger partial charge in [0.15, 0.2) is 0 Å². The Bertz CT molecular complexity index is 778. The number of hydrogen-bond acceptors (Lipinski definition) is 2. The maximum Gasteiger partial charge on any atom is 0.415 e. The van der Waals surface area contributed by atoms with Crippen LogP contribution in [-0.2, 0) is 5.88 Å². The van der Waals surface area contributed by atoms with Gasteiger partial charge in [0.1, 0.15) is 0 Å². The van der Waals surface area contributed by atoms with Crippen molar-refractivity contribution in [3.05, 3.63) is 54.6 Å². The predicted octanol–water partition coefficient (Wildman–Crippen LogP) is 3.97. The number of pyridine rings is 1. The number of rotatable bonds is 2. The molecule has 0 bridgehead atoms. The molecule has 0 aliphatic rings. The van der Waals surface area contributed by atoms with Crippen molar-refractivity contribution in [2.75, 3.05) is 0 Å². The lowest BCUT2D eigenvalue weighted by molar-refractivity contribution is 0.196. The third-order valence-corrected chi connectivity index (χ3v) is 3.43. The average molecular weight is 287 g/mol. The van der Waals surface area contributed by atoms with Crippen molar-refractivity contribution in [3.8, 4) is 11.1 Å². The largest absolute Gasteiger partial charge is 0.464 e. The van der Waals surface area contributed by atoms with Gasteiger partial charge in [0.05, 0.1) is 11.6 Å². The Balaban J connectivity index is 2.04. The summed E-state index contributed by atoms with van der Waals surface area (Å²) in [6.07, 6.45) is 3.97. The van der Waals surface area contributed by atoms with Gasteiger partial charge in [0.25, 0.3) is 0 Å². The number of carboxylic acid groups (broad SMARTS) is 1. The molecule has 0 radical (unpaired) electrons. The van der Waals surface area contributed by atoms with Crippen molar-refractivity contribution in [2.24, 2.45) is 0 Å². The minimum Gasteiger partial charge on any atom is -0.464 e. The summed E-state index contributed by atoms with van der Waals surface area (Å²) >= 11 is 5.71. The highest BCUT2D eigenvalue weighted by Gasteiger charge is 2.06. The number of nitrogens with zero attached hydrogens (tertiary/aromatic N) is 2. The number of hydrogen-bond donors (Lipinski definition) is 1. The van der Waals surface area contributed by atoms with E-state index in [0.29, 0.717) is 5.88 Å². The molecular weight excluding hydrogens is 276 g/mol. The number of aromatic nitrogens is 2. The van der Waals surface area contributed by atoms with E-state index in [0.717, 1.165) is 32.2 Å². The number of halogens is 1. The first-order chi connectivity index (χ1) is 9.67. The van der Waals surface area contributed by atoms with Gasteiger partial charge in [-0.15, -0.1) is 11.6 Å². The van der Waals surface area contributed by atoms with Gasteiger partial charge in [-0.25, -0.2) is 4.79 Å². The van der Waals surface area contributed by atoms with E-state index >= 15 is 0 Å². The van der Waals surface area contributed by atoms with Crippen molar-refractivity contribution in [1.82, 2.24) is 9.55 Å². The molecule has 1 aromatic carbocycles. The molecule has 0 fully saturated rings. The van der Waals surface area contributed by atoms with Crippen molar-refractivity contribution < 1.29 is 9.90 Å². The van der Waals surface area contributed by atoms with Crippen LogP contribution in [0.25, 0.3) is 21.9 Å². The third kappa shape index (κ3) is 2.26. The maximum absolute atomic E-state index is 10.9. The van der Waals surface area contributed by atoms with Crippen LogP contribution in [0.1, 0.15) is 5.69 Å². The second kappa shape index (κ2) is 4.98. The zero-order chi connectivity index (χ0) is 14.1. The van der Waals surface area contributed by atoms with Crippen LogP contribution >= 0.6 is 11.6 Å². The molecule has 1 N–H and O–H groups in total. The van der Waals surface area contributed by atoms with E-state index in [1.165, 1.54) is 0 Å². The molecule has 4 nitrogen and oxygen atoms in total.